The van der Waals surface area contributed by atoms with Crippen molar-refractivity contribution in [3.63, 3.8) is 0 Å². The van der Waals surface area contributed by atoms with Gasteiger partial charge in [-0.1, -0.05) is 19.1 Å². The molecule has 1 aromatic rings. The number of hydrogen-bond acceptors (Lipinski definition) is 2. The molecule has 0 heterocycles. The van der Waals surface area contributed by atoms with E-state index in [0.717, 1.165) is 6.42 Å². The smallest absolute Gasteiger partial charge is 0.233 e. The van der Waals surface area contributed by atoms with Crippen molar-refractivity contribution in [2.75, 3.05) is 12.3 Å². The SMILES string of the molecule is CCCNC(=O)CS(=O)c1ccccc1F. The van der Waals surface area contributed by atoms with Crippen molar-refractivity contribution in [1.29, 1.82) is 0 Å². The number of benzene rings is 1. The highest BCUT2D eigenvalue weighted by Crippen LogP contribution is 2.11. The summed E-state index contributed by atoms with van der Waals surface area (Å²) < 4.78 is 24.9. The summed E-state index contributed by atoms with van der Waals surface area (Å²) in [5.74, 6) is -1.05. The van der Waals surface area contributed by atoms with Crippen LogP contribution >= 0.6 is 0 Å². The quantitative estimate of drug-likeness (QED) is 0.851. The van der Waals surface area contributed by atoms with Gasteiger partial charge in [0.25, 0.3) is 0 Å². The zero-order valence-corrected chi connectivity index (χ0v) is 9.85. The summed E-state index contributed by atoms with van der Waals surface area (Å²) in [4.78, 5) is 11.3. The summed E-state index contributed by atoms with van der Waals surface area (Å²) in [6.45, 7) is 2.47. The van der Waals surface area contributed by atoms with Gasteiger partial charge in [0.15, 0.2) is 0 Å². The summed E-state index contributed by atoms with van der Waals surface area (Å²) >= 11 is 0. The summed E-state index contributed by atoms with van der Waals surface area (Å²) in [6, 6.07) is 5.78. The largest absolute Gasteiger partial charge is 0.355 e. The van der Waals surface area contributed by atoms with Crippen LogP contribution in [0.1, 0.15) is 13.3 Å². The number of nitrogens with one attached hydrogen (secondary N) is 1. The molecular weight excluding hydrogens is 229 g/mol. The Morgan fingerprint density at radius 1 is 1.44 bits per heavy atom. The zero-order valence-electron chi connectivity index (χ0n) is 9.03. The second-order valence-electron chi connectivity index (χ2n) is 3.27. The first kappa shape index (κ1) is 12.8. The Balaban J connectivity index is 2.59. The van der Waals surface area contributed by atoms with Gasteiger partial charge >= 0.3 is 0 Å². The molecule has 1 amide bonds. The standard InChI is InChI=1S/C11H14FNO2S/c1-2-7-13-11(14)8-16(15)10-6-4-3-5-9(10)12/h3-6H,2,7-8H2,1H3,(H,13,14). The average Bonchev–Trinajstić information content (AvgIpc) is 2.26. The van der Waals surface area contributed by atoms with Crippen molar-refractivity contribution in [2.45, 2.75) is 18.2 Å². The fourth-order valence-electron chi connectivity index (χ4n) is 1.14. The summed E-state index contributed by atoms with van der Waals surface area (Å²) in [5.41, 5.74) is 0. The van der Waals surface area contributed by atoms with Gasteiger partial charge < -0.3 is 5.32 Å². The molecule has 0 bridgehead atoms. The van der Waals surface area contributed by atoms with Crippen molar-refractivity contribution >= 4 is 16.7 Å². The molecule has 0 spiro atoms. The van der Waals surface area contributed by atoms with E-state index in [-0.39, 0.29) is 16.6 Å². The average molecular weight is 243 g/mol. The lowest BCUT2D eigenvalue weighted by Crippen LogP contribution is -2.29. The lowest BCUT2D eigenvalue weighted by Gasteiger charge is -2.04. The molecule has 3 nitrogen and oxygen atoms in total. The number of hydrogen-bond donors (Lipinski definition) is 1. The third-order valence-electron chi connectivity index (χ3n) is 1.92. The van der Waals surface area contributed by atoms with Crippen LogP contribution in [0.2, 0.25) is 0 Å². The van der Waals surface area contributed by atoms with Crippen LogP contribution in [0, 0.1) is 5.82 Å². The van der Waals surface area contributed by atoms with Gasteiger partial charge in [0, 0.05) is 6.54 Å². The molecule has 0 aromatic heterocycles. The lowest BCUT2D eigenvalue weighted by molar-refractivity contribution is -0.118. The van der Waals surface area contributed by atoms with Crippen LogP contribution in [0.25, 0.3) is 0 Å². The molecule has 0 aliphatic heterocycles. The Morgan fingerprint density at radius 3 is 2.75 bits per heavy atom. The third-order valence-corrected chi connectivity index (χ3v) is 3.26. The molecule has 0 radical (unpaired) electrons. The number of rotatable bonds is 5. The van der Waals surface area contributed by atoms with Gasteiger partial charge in [-0.15, -0.1) is 0 Å². The van der Waals surface area contributed by atoms with E-state index in [1.165, 1.54) is 18.2 Å². The van der Waals surface area contributed by atoms with Gasteiger partial charge in [-0.2, -0.15) is 0 Å². The topological polar surface area (TPSA) is 46.2 Å². The van der Waals surface area contributed by atoms with Crippen molar-refractivity contribution < 1.29 is 13.4 Å². The van der Waals surface area contributed by atoms with Crippen LogP contribution in [0.15, 0.2) is 29.2 Å². The minimum absolute atomic E-state index is 0.0779. The molecule has 0 saturated carbocycles. The second kappa shape index (κ2) is 6.37. The molecule has 0 aliphatic rings. The first-order chi connectivity index (χ1) is 7.65. The summed E-state index contributed by atoms with van der Waals surface area (Å²) in [5, 5.41) is 2.60. The van der Waals surface area contributed by atoms with E-state index in [4.69, 9.17) is 0 Å². The maximum absolute atomic E-state index is 13.2. The van der Waals surface area contributed by atoms with Crippen molar-refractivity contribution in [1.82, 2.24) is 5.32 Å². The van der Waals surface area contributed by atoms with Crippen molar-refractivity contribution in [3.8, 4) is 0 Å². The second-order valence-corrected chi connectivity index (χ2v) is 4.69. The Kier molecular flexibility index (Phi) is 5.11. The molecular formula is C11H14FNO2S. The lowest BCUT2D eigenvalue weighted by atomic mass is 10.3. The van der Waals surface area contributed by atoms with E-state index in [0.29, 0.717) is 6.54 Å². The first-order valence-corrected chi connectivity index (χ1v) is 6.36. The maximum atomic E-state index is 13.2. The third kappa shape index (κ3) is 3.73. The molecule has 1 atom stereocenters. The minimum Gasteiger partial charge on any atom is -0.355 e. The molecule has 88 valence electrons. The molecule has 16 heavy (non-hydrogen) atoms. The zero-order chi connectivity index (χ0) is 12.0. The predicted molar refractivity (Wildman–Crippen MR) is 61.0 cm³/mol. The molecule has 1 rings (SSSR count). The van der Waals surface area contributed by atoms with Gasteiger partial charge in [-0.3, -0.25) is 9.00 Å². The molecule has 0 saturated heterocycles. The van der Waals surface area contributed by atoms with Crippen LogP contribution in [-0.2, 0) is 15.6 Å². The van der Waals surface area contributed by atoms with E-state index >= 15 is 0 Å². The summed E-state index contributed by atoms with van der Waals surface area (Å²) in [6.07, 6.45) is 0.818. The molecule has 0 aliphatic carbocycles. The normalized spacial score (nSPS) is 12.1. The fourth-order valence-corrected chi connectivity index (χ4v) is 2.15. The highest BCUT2D eigenvalue weighted by molar-refractivity contribution is 7.85. The molecule has 1 N–H and O–H groups in total. The maximum Gasteiger partial charge on any atom is 0.233 e. The van der Waals surface area contributed by atoms with Crippen molar-refractivity contribution in [2.24, 2.45) is 0 Å². The van der Waals surface area contributed by atoms with E-state index in [1.54, 1.807) is 6.07 Å². The summed E-state index contributed by atoms with van der Waals surface area (Å²) in [7, 11) is -1.62. The van der Waals surface area contributed by atoms with E-state index < -0.39 is 16.6 Å². The molecule has 0 fully saturated rings. The van der Waals surface area contributed by atoms with Gasteiger partial charge in [-0.25, -0.2) is 4.39 Å². The predicted octanol–water partition coefficient (Wildman–Crippen LogP) is 1.46. The Bertz CT molecular complexity index is 395. The van der Waals surface area contributed by atoms with E-state index in [2.05, 4.69) is 5.32 Å². The number of amides is 1. The highest BCUT2D eigenvalue weighted by Gasteiger charge is 2.12. The Labute approximate surface area is 96.5 Å². The number of carbonyl (C=O) groups is 1. The van der Waals surface area contributed by atoms with Crippen LogP contribution in [-0.4, -0.2) is 22.4 Å². The number of carbonyl (C=O) groups excluding carboxylic acids is 1. The van der Waals surface area contributed by atoms with Crippen LogP contribution < -0.4 is 5.32 Å². The fraction of sp³-hybridized carbons (Fsp3) is 0.364. The monoisotopic (exact) mass is 243 g/mol. The van der Waals surface area contributed by atoms with Gasteiger partial charge in [0.1, 0.15) is 11.6 Å². The van der Waals surface area contributed by atoms with Gasteiger partial charge in [-0.05, 0) is 18.6 Å². The highest BCUT2D eigenvalue weighted by atomic mass is 32.2. The molecule has 1 unspecified atom stereocenters. The van der Waals surface area contributed by atoms with Crippen molar-refractivity contribution in [3.05, 3.63) is 30.1 Å². The van der Waals surface area contributed by atoms with Crippen LogP contribution in [0.4, 0.5) is 4.39 Å². The van der Waals surface area contributed by atoms with Crippen LogP contribution in [0.5, 0.6) is 0 Å². The molecule has 1 aromatic carbocycles. The van der Waals surface area contributed by atoms with Crippen LogP contribution in [0.3, 0.4) is 0 Å². The Hall–Kier alpha value is -1.23. The van der Waals surface area contributed by atoms with Gasteiger partial charge in [0.05, 0.1) is 15.7 Å². The first-order valence-electron chi connectivity index (χ1n) is 5.04. The van der Waals surface area contributed by atoms with E-state index in [9.17, 15) is 13.4 Å². The number of halogens is 1. The molecule has 5 heteroatoms. The minimum atomic E-state index is -1.62. The van der Waals surface area contributed by atoms with E-state index in [1.807, 2.05) is 6.92 Å². The van der Waals surface area contributed by atoms with Gasteiger partial charge in [0.2, 0.25) is 5.91 Å². The Morgan fingerprint density at radius 2 is 2.12 bits per heavy atom.